The van der Waals surface area contributed by atoms with Crippen LogP contribution in [-0.2, 0) is 60.4 Å². The van der Waals surface area contributed by atoms with Gasteiger partial charge in [0.1, 0.15) is 60.3 Å². The molecule has 0 amide bonds. The van der Waals surface area contributed by atoms with Crippen LogP contribution in [0.3, 0.4) is 0 Å². The Morgan fingerprint density at radius 3 is 1.47 bits per heavy atom. The fourth-order valence-corrected chi connectivity index (χ4v) is 9.27. The first-order chi connectivity index (χ1) is 36.2. The van der Waals surface area contributed by atoms with Gasteiger partial charge >= 0.3 is 23.9 Å². The minimum Gasteiger partial charge on any atom is -0.497 e. The normalized spacial score (nSPS) is 25.4. The van der Waals surface area contributed by atoms with Gasteiger partial charge < -0.3 is 67.8 Å². The summed E-state index contributed by atoms with van der Waals surface area (Å²) in [5.41, 5.74) is 3.50. The molecule has 4 N–H and O–H groups in total. The zero-order chi connectivity index (χ0) is 55.1. The standard InChI is InChI=1S/C30H37FN2O11.C22H29FN2O7/c1-15-23(12-20-10-11-22(38-6)13-24(20)31)29(32-33(15)21-8-7-9-21)44-30-28(42-19(5)37)27(41-18(4)36)26(40-17(3)35)25(43-30)14-39-16(2)34;1-11-15(8-12-6-7-14(30-2)9-16(12)23)21(24-25(11)13-4-3-5-13)32-22-20(29)19(28)18(27)17(10-26)31-22/h10-11,13,21,25-28,30H,7-9,12,14H2,1-6H3;6-7,9,13,17-20,22,26-29H,3-5,8,10H2,1-2H3/t25-,26-,27+,28-,30+;17-,18-,19+,20-,22+/m11/s1. The fourth-order valence-electron chi connectivity index (χ4n) is 9.27. The van der Waals surface area contributed by atoms with Crippen molar-refractivity contribution < 1.29 is 95.8 Å². The number of aromatic nitrogens is 4. The monoisotopic (exact) mass is 1070 g/mol. The lowest BCUT2D eigenvalue weighted by molar-refractivity contribution is -0.289. The van der Waals surface area contributed by atoms with Crippen LogP contribution >= 0.6 is 0 Å². The van der Waals surface area contributed by atoms with Crippen LogP contribution in [0, 0.1) is 25.5 Å². The first kappa shape index (κ1) is 57.3. The molecule has 0 unspecified atom stereocenters. The lowest BCUT2D eigenvalue weighted by Gasteiger charge is -2.43. The molecule has 2 aromatic carbocycles. The number of methoxy groups -OCH3 is 2. The Morgan fingerprint density at radius 1 is 0.618 bits per heavy atom. The molecular weight excluding hydrogens is 1010 g/mol. The van der Waals surface area contributed by atoms with E-state index in [0.29, 0.717) is 33.8 Å². The van der Waals surface area contributed by atoms with Gasteiger partial charge in [-0.15, -0.1) is 10.2 Å². The van der Waals surface area contributed by atoms with Crippen LogP contribution in [0.25, 0.3) is 0 Å². The third-order valence-electron chi connectivity index (χ3n) is 13.8. The summed E-state index contributed by atoms with van der Waals surface area (Å²) in [7, 11) is 2.91. The topological polar surface area (TPSA) is 277 Å². The van der Waals surface area contributed by atoms with E-state index in [-0.39, 0.29) is 36.7 Å². The molecule has 76 heavy (non-hydrogen) atoms. The van der Waals surface area contributed by atoms with Crippen molar-refractivity contribution in [3.63, 3.8) is 0 Å². The van der Waals surface area contributed by atoms with Gasteiger partial charge in [0.15, 0.2) is 12.2 Å². The van der Waals surface area contributed by atoms with Crippen molar-refractivity contribution in [2.45, 2.75) is 166 Å². The molecule has 22 nitrogen and oxygen atoms in total. The lowest BCUT2D eigenvalue weighted by Crippen LogP contribution is -2.63. The van der Waals surface area contributed by atoms with Crippen molar-refractivity contribution in [2.24, 2.45) is 0 Å². The number of halogens is 2. The number of aliphatic hydroxyl groups is 4. The number of hydrogen-bond acceptors (Lipinski definition) is 20. The predicted molar refractivity (Wildman–Crippen MR) is 258 cm³/mol. The molecule has 8 rings (SSSR count). The van der Waals surface area contributed by atoms with Gasteiger partial charge in [-0.1, -0.05) is 12.1 Å². The van der Waals surface area contributed by atoms with E-state index in [1.807, 2.05) is 23.2 Å². The maximum atomic E-state index is 15.1. The summed E-state index contributed by atoms with van der Waals surface area (Å²) < 4.78 is 88.9. The van der Waals surface area contributed by atoms with Gasteiger partial charge in [-0.2, -0.15) is 0 Å². The molecule has 2 aliphatic carbocycles. The van der Waals surface area contributed by atoms with Crippen molar-refractivity contribution in [1.82, 2.24) is 19.6 Å². The number of carbonyl (C=O) groups is 4. The van der Waals surface area contributed by atoms with Gasteiger partial charge in [-0.3, -0.25) is 28.5 Å². The first-order valence-corrected chi connectivity index (χ1v) is 25.0. The maximum Gasteiger partial charge on any atom is 0.303 e. The highest BCUT2D eigenvalue weighted by Gasteiger charge is 2.54. The molecule has 4 aliphatic rings. The second-order valence-electron chi connectivity index (χ2n) is 19.1. The molecule has 4 aromatic rings. The Morgan fingerprint density at radius 2 is 1.07 bits per heavy atom. The largest absolute Gasteiger partial charge is 0.497 e. The van der Waals surface area contributed by atoms with Crippen LogP contribution in [0.4, 0.5) is 8.78 Å². The summed E-state index contributed by atoms with van der Waals surface area (Å²) in [6.07, 6.45) is -7.79. The zero-order valence-corrected chi connectivity index (χ0v) is 43.5. The molecule has 0 spiro atoms. The fraction of sp³-hybridized carbons (Fsp3) is 0.577. The first-order valence-electron chi connectivity index (χ1n) is 25.0. The van der Waals surface area contributed by atoms with Crippen LogP contribution in [0.5, 0.6) is 23.3 Å². The average molecular weight is 1070 g/mol. The van der Waals surface area contributed by atoms with Gasteiger partial charge in [0.2, 0.25) is 30.4 Å². The third-order valence-corrected chi connectivity index (χ3v) is 13.8. The Kier molecular flexibility index (Phi) is 18.9. The number of aliphatic hydroxyl groups excluding tert-OH is 4. The smallest absolute Gasteiger partial charge is 0.303 e. The summed E-state index contributed by atoms with van der Waals surface area (Å²) in [5.74, 6) is -2.84. The van der Waals surface area contributed by atoms with E-state index in [1.165, 1.54) is 33.3 Å². The number of benzene rings is 2. The summed E-state index contributed by atoms with van der Waals surface area (Å²) >= 11 is 0. The minimum absolute atomic E-state index is 0.0746. The summed E-state index contributed by atoms with van der Waals surface area (Å²) in [4.78, 5) is 48.1. The van der Waals surface area contributed by atoms with Crippen molar-refractivity contribution in [3.8, 4) is 23.3 Å². The number of carbonyl (C=O) groups excluding carboxylic acids is 4. The van der Waals surface area contributed by atoms with Crippen LogP contribution < -0.4 is 18.9 Å². The molecule has 416 valence electrons. The summed E-state index contributed by atoms with van der Waals surface area (Å²) in [6.45, 7) is 7.35. The predicted octanol–water partition coefficient (Wildman–Crippen LogP) is 3.95. The molecule has 2 saturated carbocycles. The Labute approximate surface area is 436 Å². The Bertz CT molecular complexity index is 2690. The van der Waals surface area contributed by atoms with Crippen molar-refractivity contribution in [2.75, 3.05) is 27.4 Å². The number of hydrogen-bond donors (Lipinski definition) is 4. The number of ether oxygens (including phenoxy) is 10. The zero-order valence-electron chi connectivity index (χ0n) is 43.5. The Balaban J connectivity index is 0.000000232. The molecular formula is C52H66F2N4O18. The van der Waals surface area contributed by atoms with E-state index < -0.39 is 110 Å². The van der Waals surface area contributed by atoms with Crippen LogP contribution in [-0.4, -0.2) is 153 Å². The molecule has 4 heterocycles. The molecule has 24 heteroatoms. The number of nitrogens with zero attached hydrogens (tertiary/aromatic N) is 4. The second kappa shape index (κ2) is 25.1. The maximum absolute atomic E-state index is 15.1. The van der Waals surface area contributed by atoms with Crippen LogP contribution in [0.2, 0.25) is 0 Å². The molecule has 0 bridgehead atoms. The van der Waals surface area contributed by atoms with Crippen molar-refractivity contribution in [3.05, 3.63) is 81.7 Å². The third kappa shape index (κ3) is 13.2. The van der Waals surface area contributed by atoms with Gasteiger partial charge in [0.05, 0.1) is 32.9 Å². The SMILES string of the molecule is COc1ccc(Cc2c(O[C@@H]3O[C@H](CO)[C@@H](O)[C@H](O)[C@H]3O)nn(C3CCC3)c2C)c(F)c1.COc1ccc(Cc2c(O[C@@H]3O[C@H](COC(C)=O)[C@@H](OC(C)=O)[C@H](OC(C)=O)[C@H]3OC(C)=O)nn(C3CCC3)c2C)c(F)c1. The number of esters is 4. The van der Waals surface area contributed by atoms with E-state index >= 15 is 4.39 Å². The van der Waals surface area contributed by atoms with Gasteiger partial charge in [0.25, 0.3) is 0 Å². The van der Waals surface area contributed by atoms with E-state index in [1.54, 1.807) is 24.3 Å². The Hall–Kier alpha value is -6.44. The highest BCUT2D eigenvalue weighted by atomic mass is 19.1. The highest BCUT2D eigenvalue weighted by molar-refractivity contribution is 5.69. The molecule has 10 atom stereocenters. The van der Waals surface area contributed by atoms with Crippen LogP contribution in [0.15, 0.2) is 36.4 Å². The van der Waals surface area contributed by atoms with Crippen LogP contribution in [0.1, 0.15) is 112 Å². The van der Waals surface area contributed by atoms with E-state index in [0.717, 1.165) is 70.7 Å². The molecule has 2 saturated heterocycles. The van der Waals surface area contributed by atoms with Crippen molar-refractivity contribution in [1.29, 1.82) is 0 Å². The summed E-state index contributed by atoms with van der Waals surface area (Å²) in [6, 6.07) is 9.45. The average Bonchev–Trinajstić information content (AvgIpc) is 3.79. The van der Waals surface area contributed by atoms with Gasteiger partial charge in [0, 0.05) is 75.2 Å². The van der Waals surface area contributed by atoms with Gasteiger partial charge in [-0.25, -0.2) is 8.78 Å². The van der Waals surface area contributed by atoms with E-state index in [2.05, 4.69) is 5.10 Å². The van der Waals surface area contributed by atoms with Gasteiger partial charge in [-0.05, 0) is 75.6 Å². The highest BCUT2D eigenvalue weighted by Crippen LogP contribution is 2.40. The molecule has 2 aliphatic heterocycles. The van der Waals surface area contributed by atoms with Crippen molar-refractivity contribution >= 4 is 23.9 Å². The lowest BCUT2D eigenvalue weighted by atomic mass is 9.93. The summed E-state index contributed by atoms with van der Waals surface area (Å²) in [5, 5.41) is 49.1. The molecule has 2 aromatic heterocycles. The van der Waals surface area contributed by atoms with E-state index in [9.17, 15) is 44.0 Å². The minimum atomic E-state index is -1.57. The molecule has 4 fully saturated rings. The molecule has 0 radical (unpaired) electrons. The van der Waals surface area contributed by atoms with E-state index in [4.69, 9.17) is 52.5 Å². The quantitative estimate of drug-likeness (QED) is 0.0811. The number of rotatable bonds is 18. The second-order valence-corrected chi connectivity index (χ2v) is 19.1.